The minimum atomic E-state index is 0.608. The molecule has 0 aliphatic heterocycles. The van der Waals surface area contributed by atoms with Crippen LogP contribution in [0.4, 0.5) is 5.69 Å². The highest BCUT2D eigenvalue weighted by Crippen LogP contribution is 2.32. The molecule has 0 unspecified atom stereocenters. The largest absolute Gasteiger partial charge is 0.395 e. The van der Waals surface area contributed by atoms with Crippen molar-refractivity contribution in [3.63, 3.8) is 0 Å². The molecule has 0 spiro atoms. The summed E-state index contributed by atoms with van der Waals surface area (Å²) >= 11 is 3.44. The lowest BCUT2D eigenvalue weighted by molar-refractivity contribution is 1.07. The van der Waals surface area contributed by atoms with Gasteiger partial charge < -0.3 is 5.73 Å². The van der Waals surface area contributed by atoms with E-state index in [4.69, 9.17) is 5.73 Å². The van der Waals surface area contributed by atoms with Gasteiger partial charge in [-0.3, -0.25) is 0 Å². The molecule has 4 heteroatoms. The second-order valence-electron chi connectivity index (χ2n) is 5.25. The van der Waals surface area contributed by atoms with Crippen LogP contribution in [0.1, 0.15) is 11.4 Å². The smallest absolute Gasteiger partial charge is 0.126 e. The first-order valence-corrected chi connectivity index (χ1v) is 7.81. The minimum absolute atomic E-state index is 0.608. The van der Waals surface area contributed by atoms with E-state index in [-0.39, 0.29) is 0 Å². The summed E-state index contributed by atoms with van der Waals surface area (Å²) in [6.07, 6.45) is 0. The molecular weight excluding hydrogens is 338 g/mol. The first-order valence-electron chi connectivity index (χ1n) is 7.01. The summed E-state index contributed by atoms with van der Waals surface area (Å²) in [5, 5.41) is 0. The van der Waals surface area contributed by atoms with Crippen LogP contribution in [0, 0.1) is 13.8 Å². The molecule has 3 rings (SSSR count). The summed E-state index contributed by atoms with van der Waals surface area (Å²) in [4.78, 5) is 9.06. The van der Waals surface area contributed by atoms with Crippen molar-refractivity contribution in [3.05, 3.63) is 64.4 Å². The van der Waals surface area contributed by atoms with Crippen molar-refractivity contribution in [2.24, 2.45) is 0 Å². The second-order valence-corrected chi connectivity index (χ2v) is 6.17. The predicted octanol–water partition coefficient (Wildman–Crippen LogP) is 4.77. The van der Waals surface area contributed by atoms with Gasteiger partial charge in [-0.2, -0.15) is 0 Å². The van der Waals surface area contributed by atoms with E-state index in [0.717, 1.165) is 27.0 Å². The Bertz CT molecular complexity index is 742. The Kier molecular flexibility index (Phi) is 3.94. The molecule has 2 aromatic carbocycles. The van der Waals surface area contributed by atoms with Crippen LogP contribution in [0.15, 0.2) is 53.0 Å². The topological polar surface area (TPSA) is 51.8 Å². The van der Waals surface area contributed by atoms with Crippen molar-refractivity contribution in [2.75, 3.05) is 5.73 Å². The van der Waals surface area contributed by atoms with Crippen LogP contribution in [0.3, 0.4) is 0 Å². The van der Waals surface area contributed by atoms with Crippen molar-refractivity contribution in [2.45, 2.75) is 13.8 Å². The number of aromatic nitrogens is 2. The number of nitrogens with zero attached hydrogens (tertiary/aromatic N) is 2. The van der Waals surface area contributed by atoms with Gasteiger partial charge >= 0.3 is 0 Å². The highest BCUT2D eigenvalue weighted by molar-refractivity contribution is 9.10. The second kappa shape index (κ2) is 5.89. The van der Waals surface area contributed by atoms with E-state index >= 15 is 0 Å². The Balaban J connectivity index is 2.17. The van der Waals surface area contributed by atoms with Crippen molar-refractivity contribution in [1.29, 1.82) is 0 Å². The van der Waals surface area contributed by atoms with Gasteiger partial charge in [0.1, 0.15) is 5.82 Å². The summed E-state index contributed by atoms with van der Waals surface area (Å²) < 4.78 is 1.03. The first-order chi connectivity index (χ1) is 10.5. The number of halogens is 1. The van der Waals surface area contributed by atoms with E-state index in [1.54, 1.807) is 0 Å². The normalized spacial score (nSPS) is 10.7. The molecule has 0 atom stereocenters. The molecule has 0 fully saturated rings. The molecular formula is C18H16BrN3. The summed E-state index contributed by atoms with van der Waals surface area (Å²) in [6, 6.07) is 16.2. The fourth-order valence-corrected chi connectivity index (χ4v) is 2.60. The van der Waals surface area contributed by atoms with Gasteiger partial charge in [-0.25, -0.2) is 9.97 Å². The fraction of sp³-hybridized carbons (Fsp3) is 0.111. The van der Waals surface area contributed by atoms with Gasteiger partial charge in [0.15, 0.2) is 0 Å². The van der Waals surface area contributed by atoms with Crippen LogP contribution >= 0.6 is 15.9 Å². The third-order valence-corrected chi connectivity index (χ3v) is 4.03. The fourth-order valence-electron chi connectivity index (χ4n) is 2.34. The summed E-state index contributed by atoms with van der Waals surface area (Å²) in [5.74, 6) is 0.711. The van der Waals surface area contributed by atoms with Gasteiger partial charge in [-0.05, 0) is 26.0 Å². The standard InChI is InChI=1S/C18H16BrN3/c1-11-3-5-13(6-4-11)17-16(20)18(22-12(2)21-17)14-7-9-15(19)10-8-14/h3-10H,20H2,1-2H3. The predicted molar refractivity (Wildman–Crippen MR) is 94.5 cm³/mol. The summed E-state index contributed by atoms with van der Waals surface area (Å²) in [5.41, 5.74) is 11.7. The maximum Gasteiger partial charge on any atom is 0.126 e. The van der Waals surface area contributed by atoms with Gasteiger partial charge in [-0.15, -0.1) is 0 Å². The van der Waals surface area contributed by atoms with Crippen molar-refractivity contribution in [3.8, 4) is 22.5 Å². The molecule has 0 radical (unpaired) electrons. The van der Waals surface area contributed by atoms with E-state index in [9.17, 15) is 0 Å². The molecule has 0 saturated carbocycles. The zero-order valence-electron chi connectivity index (χ0n) is 12.5. The molecule has 22 heavy (non-hydrogen) atoms. The Labute approximate surface area is 138 Å². The molecule has 0 saturated heterocycles. The number of aryl methyl sites for hydroxylation is 2. The number of benzene rings is 2. The van der Waals surface area contributed by atoms with Crippen molar-refractivity contribution in [1.82, 2.24) is 9.97 Å². The molecule has 3 aromatic rings. The third kappa shape index (κ3) is 2.88. The van der Waals surface area contributed by atoms with Gasteiger partial charge in [0.05, 0.1) is 17.1 Å². The van der Waals surface area contributed by atoms with Crippen LogP contribution in [-0.2, 0) is 0 Å². The number of rotatable bonds is 2. The van der Waals surface area contributed by atoms with Crippen LogP contribution in [0.5, 0.6) is 0 Å². The number of nitrogens with two attached hydrogens (primary N) is 1. The Hall–Kier alpha value is -2.20. The van der Waals surface area contributed by atoms with Crippen LogP contribution in [0.2, 0.25) is 0 Å². The van der Waals surface area contributed by atoms with Gasteiger partial charge in [0.25, 0.3) is 0 Å². The molecule has 0 amide bonds. The molecule has 0 bridgehead atoms. The van der Waals surface area contributed by atoms with Crippen molar-refractivity contribution >= 4 is 21.6 Å². The van der Waals surface area contributed by atoms with Crippen molar-refractivity contribution < 1.29 is 0 Å². The highest BCUT2D eigenvalue weighted by Gasteiger charge is 2.13. The average molecular weight is 354 g/mol. The summed E-state index contributed by atoms with van der Waals surface area (Å²) in [6.45, 7) is 3.95. The third-order valence-electron chi connectivity index (χ3n) is 3.50. The summed E-state index contributed by atoms with van der Waals surface area (Å²) in [7, 11) is 0. The number of hydrogen-bond donors (Lipinski definition) is 1. The highest BCUT2D eigenvalue weighted by atomic mass is 79.9. The van der Waals surface area contributed by atoms with Gasteiger partial charge in [-0.1, -0.05) is 57.9 Å². The lowest BCUT2D eigenvalue weighted by atomic mass is 10.0. The lowest BCUT2D eigenvalue weighted by Crippen LogP contribution is -2.02. The molecule has 1 aromatic heterocycles. The van der Waals surface area contributed by atoms with Crippen LogP contribution in [-0.4, -0.2) is 9.97 Å². The van der Waals surface area contributed by atoms with Crippen LogP contribution < -0.4 is 5.73 Å². The first kappa shape index (κ1) is 14.7. The lowest BCUT2D eigenvalue weighted by Gasteiger charge is -2.12. The zero-order valence-corrected chi connectivity index (χ0v) is 14.1. The van der Waals surface area contributed by atoms with Crippen LogP contribution in [0.25, 0.3) is 22.5 Å². The van der Waals surface area contributed by atoms with E-state index in [2.05, 4.69) is 45.0 Å². The van der Waals surface area contributed by atoms with Gasteiger partial charge in [0.2, 0.25) is 0 Å². The average Bonchev–Trinajstić information content (AvgIpc) is 2.51. The Morgan fingerprint density at radius 2 is 1.23 bits per heavy atom. The Morgan fingerprint density at radius 1 is 0.773 bits per heavy atom. The van der Waals surface area contributed by atoms with E-state index in [1.165, 1.54) is 5.56 Å². The van der Waals surface area contributed by atoms with Gasteiger partial charge in [0, 0.05) is 15.6 Å². The molecule has 0 aliphatic rings. The molecule has 2 N–H and O–H groups in total. The molecule has 1 heterocycles. The minimum Gasteiger partial charge on any atom is -0.395 e. The van der Waals surface area contributed by atoms with E-state index in [1.807, 2.05) is 43.3 Å². The maximum absolute atomic E-state index is 6.36. The molecule has 110 valence electrons. The monoisotopic (exact) mass is 353 g/mol. The quantitative estimate of drug-likeness (QED) is 0.721. The maximum atomic E-state index is 6.36. The zero-order chi connectivity index (χ0) is 15.7. The number of hydrogen-bond acceptors (Lipinski definition) is 3. The molecule has 3 nitrogen and oxygen atoms in total. The Morgan fingerprint density at radius 3 is 1.73 bits per heavy atom. The molecule has 0 aliphatic carbocycles. The van der Waals surface area contributed by atoms with E-state index < -0.39 is 0 Å². The number of anilines is 1. The SMILES string of the molecule is Cc1ccc(-c2nc(C)nc(-c3ccc(Br)cc3)c2N)cc1. The van der Waals surface area contributed by atoms with E-state index in [0.29, 0.717) is 11.5 Å². The number of nitrogen functional groups attached to an aromatic ring is 1.